The summed E-state index contributed by atoms with van der Waals surface area (Å²) in [7, 11) is 0. The van der Waals surface area contributed by atoms with Gasteiger partial charge in [-0.2, -0.15) is 0 Å². The predicted molar refractivity (Wildman–Crippen MR) is 72.8 cm³/mol. The summed E-state index contributed by atoms with van der Waals surface area (Å²) in [6, 6.07) is 0. The highest BCUT2D eigenvalue weighted by Crippen LogP contribution is 2.27. The summed E-state index contributed by atoms with van der Waals surface area (Å²) in [6.45, 7) is 12.9. The van der Waals surface area contributed by atoms with E-state index in [1.54, 1.807) is 6.92 Å². The zero-order valence-corrected chi connectivity index (χ0v) is 12.0. The molecule has 2 nitrogen and oxygen atoms in total. The Morgan fingerprint density at radius 2 is 1.94 bits per heavy atom. The van der Waals surface area contributed by atoms with Gasteiger partial charge in [0.05, 0.1) is 0 Å². The second kappa shape index (κ2) is 7.31. The smallest absolute Gasteiger partial charge is 0.333 e. The maximum atomic E-state index is 11.5. The topological polar surface area (TPSA) is 26.3 Å². The predicted octanol–water partition coefficient (Wildman–Crippen LogP) is 4.12. The Bertz CT molecular complexity index is 296. The molecule has 0 aromatic rings. The molecule has 0 amide bonds. The van der Waals surface area contributed by atoms with E-state index in [1.807, 2.05) is 19.1 Å². The Balaban J connectivity index is 4.13. The van der Waals surface area contributed by atoms with Gasteiger partial charge < -0.3 is 4.74 Å². The van der Waals surface area contributed by atoms with Gasteiger partial charge in [0, 0.05) is 5.57 Å². The first-order chi connectivity index (χ1) is 7.81. The maximum absolute atomic E-state index is 11.5. The lowest BCUT2D eigenvalue weighted by molar-refractivity contribution is -0.137. The molecule has 0 bridgehead atoms. The van der Waals surface area contributed by atoms with Gasteiger partial charge in [0.2, 0.25) is 0 Å². The molecule has 0 saturated carbocycles. The van der Waals surface area contributed by atoms with Gasteiger partial charge in [0.1, 0.15) is 6.61 Å². The second-order valence-electron chi connectivity index (χ2n) is 5.27. The minimum Gasteiger partial charge on any atom is -0.458 e. The lowest BCUT2D eigenvalue weighted by Gasteiger charge is -2.24. The van der Waals surface area contributed by atoms with Crippen LogP contribution >= 0.6 is 0 Å². The van der Waals surface area contributed by atoms with E-state index in [9.17, 15) is 4.79 Å². The Kier molecular flexibility index (Phi) is 6.86. The van der Waals surface area contributed by atoms with Crippen LogP contribution in [-0.2, 0) is 9.53 Å². The third-order valence-electron chi connectivity index (χ3n) is 3.18. The van der Waals surface area contributed by atoms with Gasteiger partial charge in [-0.3, -0.25) is 0 Å². The van der Waals surface area contributed by atoms with Crippen molar-refractivity contribution in [3.8, 4) is 0 Å². The molecule has 0 saturated heterocycles. The molecule has 0 aliphatic carbocycles. The van der Waals surface area contributed by atoms with Gasteiger partial charge >= 0.3 is 5.97 Å². The lowest BCUT2D eigenvalue weighted by atomic mass is 9.81. The van der Waals surface area contributed by atoms with Crippen LogP contribution in [0.15, 0.2) is 23.8 Å². The Morgan fingerprint density at radius 3 is 2.41 bits per heavy atom. The molecule has 0 aliphatic heterocycles. The van der Waals surface area contributed by atoms with Crippen molar-refractivity contribution in [2.75, 3.05) is 6.61 Å². The van der Waals surface area contributed by atoms with Crippen LogP contribution in [0.25, 0.3) is 0 Å². The van der Waals surface area contributed by atoms with Crippen LogP contribution in [0.3, 0.4) is 0 Å². The van der Waals surface area contributed by atoms with Gasteiger partial charge in [-0.25, -0.2) is 4.79 Å². The number of carbonyl (C=O) groups is 1. The van der Waals surface area contributed by atoms with Crippen molar-refractivity contribution in [3.05, 3.63) is 23.8 Å². The SMILES string of the molecule is CC/C=C(\C)C(=O)OC/C=C/C(C)(C)C(C)C. The molecule has 0 spiro atoms. The molecule has 98 valence electrons. The summed E-state index contributed by atoms with van der Waals surface area (Å²) in [5, 5.41) is 0. The fourth-order valence-corrected chi connectivity index (χ4v) is 1.17. The Hall–Kier alpha value is -1.05. The van der Waals surface area contributed by atoms with Gasteiger partial charge in [-0.15, -0.1) is 0 Å². The highest BCUT2D eigenvalue weighted by molar-refractivity contribution is 5.87. The Labute approximate surface area is 106 Å². The molecule has 2 heteroatoms. The van der Waals surface area contributed by atoms with E-state index in [-0.39, 0.29) is 11.4 Å². The van der Waals surface area contributed by atoms with Crippen LogP contribution in [-0.4, -0.2) is 12.6 Å². The van der Waals surface area contributed by atoms with Crippen molar-refractivity contribution in [2.45, 2.75) is 48.0 Å². The molecule has 0 atom stereocenters. The number of ether oxygens (including phenoxy) is 1. The van der Waals surface area contributed by atoms with E-state index in [1.165, 1.54) is 0 Å². The van der Waals surface area contributed by atoms with Crippen molar-refractivity contribution < 1.29 is 9.53 Å². The summed E-state index contributed by atoms with van der Waals surface area (Å²) in [5.41, 5.74) is 0.824. The van der Waals surface area contributed by atoms with Crippen LogP contribution in [0.1, 0.15) is 48.0 Å². The van der Waals surface area contributed by atoms with E-state index in [4.69, 9.17) is 4.74 Å². The Morgan fingerprint density at radius 1 is 1.35 bits per heavy atom. The summed E-state index contributed by atoms with van der Waals surface area (Å²) < 4.78 is 5.14. The first-order valence-corrected chi connectivity index (χ1v) is 6.32. The summed E-state index contributed by atoms with van der Waals surface area (Å²) in [6.07, 6.45) is 6.78. The third-order valence-corrected chi connectivity index (χ3v) is 3.18. The number of hydrogen-bond acceptors (Lipinski definition) is 2. The highest BCUT2D eigenvalue weighted by Gasteiger charge is 2.17. The van der Waals surface area contributed by atoms with E-state index < -0.39 is 0 Å². The first-order valence-electron chi connectivity index (χ1n) is 6.32. The molecule has 0 fully saturated rings. The third kappa shape index (κ3) is 6.30. The van der Waals surface area contributed by atoms with E-state index >= 15 is 0 Å². The highest BCUT2D eigenvalue weighted by atomic mass is 16.5. The monoisotopic (exact) mass is 238 g/mol. The number of hydrogen-bond donors (Lipinski definition) is 0. The minimum absolute atomic E-state index is 0.140. The van der Waals surface area contributed by atoms with Gasteiger partial charge in [-0.1, -0.05) is 52.8 Å². The van der Waals surface area contributed by atoms with Crippen molar-refractivity contribution >= 4 is 5.97 Å². The number of allylic oxidation sites excluding steroid dienone is 2. The molecule has 0 unspecified atom stereocenters. The fraction of sp³-hybridized carbons (Fsp3) is 0.667. The maximum Gasteiger partial charge on any atom is 0.333 e. The van der Waals surface area contributed by atoms with Crippen molar-refractivity contribution in [2.24, 2.45) is 11.3 Å². The molecule has 17 heavy (non-hydrogen) atoms. The molecule has 0 rings (SSSR count). The van der Waals surface area contributed by atoms with E-state index in [0.717, 1.165) is 6.42 Å². The van der Waals surface area contributed by atoms with Gasteiger partial charge in [0.15, 0.2) is 0 Å². The summed E-state index contributed by atoms with van der Waals surface area (Å²) >= 11 is 0. The molecule has 0 aromatic heterocycles. The normalized spacial score (nSPS) is 13.5. The second-order valence-corrected chi connectivity index (χ2v) is 5.27. The fourth-order valence-electron chi connectivity index (χ4n) is 1.17. The molecule has 0 aromatic carbocycles. The molecule has 0 radical (unpaired) electrons. The quantitative estimate of drug-likeness (QED) is 0.395. The number of esters is 1. The van der Waals surface area contributed by atoms with Gasteiger partial charge in [0.25, 0.3) is 0 Å². The first kappa shape index (κ1) is 16.0. The zero-order valence-electron chi connectivity index (χ0n) is 12.0. The van der Waals surface area contributed by atoms with Crippen LogP contribution in [0.5, 0.6) is 0 Å². The van der Waals surface area contributed by atoms with Crippen LogP contribution in [0, 0.1) is 11.3 Å². The standard InChI is InChI=1S/C15H26O2/c1-7-9-13(4)14(16)17-11-8-10-15(5,6)12(2)3/h8-10,12H,7,11H2,1-6H3/b10-8+,13-9+. The van der Waals surface area contributed by atoms with Crippen LogP contribution in [0.4, 0.5) is 0 Å². The molecule has 0 N–H and O–H groups in total. The van der Waals surface area contributed by atoms with Crippen molar-refractivity contribution in [1.29, 1.82) is 0 Å². The zero-order chi connectivity index (χ0) is 13.5. The minimum atomic E-state index is -0.223. The number of carbonyl (C=O) groups excluding carboxylic acids is 1. The summed E-state index contributed by atoms with van der Waals surface area (Å²) in [4.78, 5) is 11.5. The number of rotatable bonds is 6. The molecular formula is C15H26O2. The largest absolute Gasteiger partial charge is 0.458 e. The van der Waals surface area contributed by atoms with E-state index in [0.29, 0.717) is 18.1 Å². The van der Waals surface area contributed by atoms with Crippen LogP contribution in [0.2, 0.25) is 0 Å². The summed E-state index contributed by atoms with van der Waals surface area (Å²) in [5.74, 6) is 0.343. The molecule has 0 aliphatic rings. The lowest BCUT2D eigenvalue weighted by Crippen LogP contribution is -2.16. The van der Waals surface area contributed by atoms with Gasteiger partial charge in [-0.05, 0) is 24.7 Å². The molecule has 0 heterocycles. The van der Waals surface area contributed by atoms with E-state index in [2.05, 4.69) is 33.8 Å². The van der Waals surface area contributed by atoms with Crippen LogP contribution < -0.4 is 0 Å². The van der Waals surface area contributed by atoms with Crippen molar-refractivity contribution in [1.82, 2.24) is 0 Å². The molecular weight excluding hydrogens is 212 g/mol. The van der Waals surface area contributed by atoms with Crippen molar-refractivity contribution in [3.63, 3.8) is 0 Å². The average molecular weight is 238 g/mol. The average Bonchev–Trinajstić information content (AvgIpc) is 2.24.